The summed E-state index contributed by atoms with van der Waals surface area (Å²) in [5.41, 5.74) is 0.451. The summed E-state index contributed by atoms with van der Waals surface area (Å²) in [4.78, 5) is 18.9. The van der Waals surface area contributed by atoms with Gasteiger partial charge in [-0.2, -0.15) is 4.31 Å². The van der Waals surface area contributed by atoms with Gasteiger partial charge in [0.15, 0.2) is 5.03 Å². The van der Waals surface area contributed by atoms with E-state index in [0.29, 0.717) is 43.1 Å². The Labute approximate surface area is 181 Å². The average Bonchev–Trinajstić information content (AvgIpc) is 3.07. The second kappa shape index (κ2) is 8.91. The number of para-hydroxylation sites is 2. The van der Waals surface area contributed by atoms with Gasteiger partial charge in [0, 0.05) is 39.4 Å². The molecule has 1 aliphatic rings. The van der Waals surface area contributed by atoms with Gasteiger partial charge in [-0.05, 0) is 30.7 Å². The summed E-state index contributed by atoms with van der Waals surface area (Å²) in [6.07, 6.45) is 3.49. The predicted molar refractivity (Wildman–Crippen MR) is 115 cm³/mol. The molecule has 1 fully saturated rings. The first-order valence-electron chi connectivity index (χ1n) is 10.0. The zero-order valence-corrected chi connectivity index (χ0v) is 18.0. The number of imidazole rings is 1. The fourth-order valence-corrected chi connectivity index (χ4v) is 4.95. The molecule has 0 bridgehead atoms. The normalized spacial score (nSPS) is 15.5. The Hall–Kier alpha value is -3.17. The molecule has 0 radical (unpaired) electrons. The van der Waals surface area contributed by atoms with Crippen LogP contribution >= 0.6 is 0 Å². The predicted octanol–water partition coefficient (Wildman–Crippen LogP) is 2.75. The number of hydrogen-bond acceptors (Lipinski definition) is 5. The van der Waals surface area contributed by atoms with Crippen LogP contribution < -0.4 is 4.74 Å². The van der Waals surface area contributed by atoms with Gasteiger partial charge in [-0.25, -0.2) is 13.4 Å². The third-order valence-electron chi connectivity index (χ3n) is 5.12. The molecule has 3 aromatic rings. The third kappa shape index (κ3) is 4.62. The Kier molecular flexibility index (Phi) is 6.06. The molecule has 2 aromatic carbocycles. The molecule has 0 atom stereocenters. The number of sulfonamides is 1. The summed E-state index contributed by atoms with van der Waals surface area (Å²) < 4.78 is 34.7. The molecule has 9 heteroatoms. The van der Waals surface area contributed by atoms with Gasteiger partial charge >= 0.3 is 0 Å². The van der Waals surface area contributed by atoms with E-state index in [4.69, 9.17) is 4.74 Å². The highest BCUT2D eigenvalue weighted by atomic mass is 32.2. The Morgan fingerprint density at radius 3 is 2.45 bits per heavy atom. The number of nitrogens with zero attached hydrogens (tertiary/aromatic N) is 4. The number of rotatable bonds is 5. The van der Waals surface area contributed by atoms with Crippen LogP contribution in [-0.4, -0.2) is 59.3 Å². The first-order chi connectivity index (χ1) is 14.9. The van der Waals surface area contributed by atoms with Crippen molar-refractivity contribution in [2.24, 2.45) is 7.05 Å². The minimum Gasteiger partial charge on any atom is -0.457 e. The third-order valence-corrected chi connectivity index (χ3v) is 6.90. The fraction of sp³-hybridized carbons (Fsp3) is 0.273. The number of amides is 1. The molecule has 4 rings (SSSR count). The topological polar surface area (TPSA) is 84.7 Å². The summed E-state index contributed by atoms with van der Waals surface area (Å²) >= 11 is 0. The first-order valence-corrected chi connectivity index (χ1v) is 11.5. The molecule has 1 aromatic heterocycles. The standard InChI is InChI=1S/C22H24N4O4S/c1-24-16-21(23-17-24)31(28,29)26-13-7-12-25(14-15-26)22(27)19-10-5-6-11-20(19)30-18-8-3-2-4-9-18/h2-6,8-11,16-17H,7,12-15H2,1H3. The number of carbonyl (C=O) groups is 1. The zero-order valence-electron chi connectivity index (χ0n) is 17.2. The lowest BCUT2D eigenvalue weighted by Crippen LogP contribution is -2.37. The molecule has 0 N–H and O–H groups in total. The van der Waals surface area contributed by atoms with Gasteiger partial charge in [-0.1, -0.05) is 30.3 Å². The quantitative estimate of drug-likeness (QED) is 0.609. The molecule has 1 saturated heterocycles. The maximum atomic E-state index is 13.3. The summed E-state index contributed by atoms with van der Waals surface area (Å²) in [6.45, 7) is 1.31. The van der Waals surface area contributed by atoms with Crippen molar-refractivity contribution in [3.05, 3.63) is 72.7 Å². The van der Waals surface area contributed by atoms with Gasteiger partial charge in [0.1, 0.15) is 11.5 Å². The Morgan fingerprint density at radius 1 is 0.968 bits per heavy atom. The average molecular weight is 441 g/mol. The van der Waals surface area contributed by atoms with Gasteiger partial charge in [-0.3, -0.25) is 4.79 Å². The van der Waals surface area contributed by atoms with Crippen molar-refractivity contribution in [3.8, 4) is 11.5 Å². The van der Waals surface area contributed by atoms with E-state index in [0.717, 1.165) is 0 Å². The van der Waals surface area contributed by atoms with E-state index in [-0.39, 0.29) is 17.5 Å². The number of aromatic nitrogens is 2. The number of benzene rings is 2. The van der Waals surface area contributed by atoms with Crippen LogP contribution in [0.2, 0.25) is 0 Å². The minimum absolute atomic E-state index is 0.0244. The number of aryl methyl sites for hydroxylation is 1. The SMILES string of the molecule is Cn1cnc(S(=O)(=O)N2CCCN(C(=O)c3ccccc3Oc3ccccc3)CC2)c1. The van der Waals surface area contributed by atoms with Crippen molar-refractivity contribution in [2.75, 3.05) is 26.2 Å². The van der Waals surface area contributed by atoms with Crippen molar-refractivity contribution in [3.63, 3.8) is 0 Å². The lowest BCUT2D eigenvalue weighted by atomic mass is 10.1. The van der Waals surface area contributed by atoms with Gasteiger partial charge in [0.25, 0.3) is 15.9 Å². The monoisotopic (exact) mass is 440 g/mol. The molecule has 2 heterocycles. The summed E-state index contributed by atoms with van der Waals surface area (Å²) in [6, 6.07) is 16.4. The molecule has 0 aliphatic carbocycles. The molecule has 162 valence electrons. The Bertz CT molecular complexity index is 1160. The second-order valence-corrected chi connectivity index (χ2v) is 9.22. The van der Waals surface area contributed by atoms with E-state index in [2.05, 4.69) is 4.98 Å². The zero-order chi connectivity index (χ0) is 21.8. The van der Waals surface area contributed by atoms with Gasteiger partial charge in [0.2, 0.25) is 0 Å². The molecule has 0 unspecified atom stereocenters. The number of hydrogen-bond donors (Lipinski definition) is 0. The molecular formula is C22H24N4O4S. The smallest absolute Gasteiger partial charge is 0.262 e. The van der Waals surface area contributed by atoms with Crippen molar-refractivity contribution >= 4 is 15.9 Å². The highest BCUT2D eigenvalue weighted by Crippen LogP contribution is 2.27. The van der Waals surface area contributed by atoms with E-state index in [1.165, 1.54) is 16.8 Å². The van der Waals surface area contributed by atoms with Crippen LogP contribution in [0.3, 0.4) is 0 Å². The molecule has 0 spiro atoms. The van der Waals surface area contributed by atoms with Gasteiger partial charge < -0.3 is 14.2 Å². The summed E-state index contributed by atoms with van der Waals surface area (Å²) in [5.74, 6) is 0.941. The molecule has 1 aliphatic heterocycles. The summed E-state index contributed by atoms with van der Waals surface area (Å²) in [7, 11) is -1.96. The lowest BCUT2D eigenvalue weighted by Gasteiger charge is -2.22. The highest BCUT2D eigenvalue weighted by Gasteiger charge is 2.30. The first kappa shape index (κ1) is 21.1. The molecule has 31 heavy (non-hydrogen) atoms. The lowest BCUT2D eigenvalue weighted by molar-refractivity contribution is 0.0761. The van der Waals surface area contributed by atoms with E-state index < -0.39 is 10.0 Å². The van der Waals surface area contributed by atoms with E-state index in [1.54, 1.807) is 34.7 Å². The van der Waals surface area contributed by atoms with Gasteiger partial charge in [0.05, 0.1) is 11.9 Å². The van der Waals surface area contributed by atoms with E-state index in [1.807, 2.05) is 36.4 Å². The number of carbonyl (C=O) groups excluding carboxylic acids is 1. The number of ether oxygens (including phenoxy) is 1. The van der Waals surface area contributed by atoms with Crippen LogP contribution in [0.25, 0.3) is 0 Å². The van der Waals surface area contributed by atoms with Crippen molar-refractivity contribution in [2.45, 2.75) is 11.4 Å². The van der Waals surface area contributed by atoms with Crippen molar-refractivity contribution in [1.82, 2.24) is 18.8 Å². The van der Waals surface area contributed by atoms with Gasteiger partial charge in [-0.15, -0.1) is 0 Å². The van der Waals surface area contributed by atoms with Crippen LogP contribution in [0, 0.1) is 0 Å². The van der Waals surface area contributed by atoms with Crippen LogP contribution in [0.1, 0.15) is 16.8 Å². The van der Waals surface area contributed by atoms with Crippen LogP contribution in [0.15, 0.2) is 72.1 Å². The molecule has 0 saturated carbocycles. The Balaban J connectivity index is 1.50. The maximum Gasteiger partial charge on any atom is 0.262 e. The van der Waals surface area contributed by atoms with E-state index in [9.17, 15) is 13.2 Å². The van der Waals surface area contributed by atoms with Crippen molar-refractivity contribution in [1.29, 1.82) is 0 Å². The molecule has 8 nitrogen and oxygen atoms in total. The second-order valence-electron chi connectivity index (χ2n) is 7.34. The maximum absolute atomic E-state index is 13.3. The van der Waals surface area contributed by atoms with E-state index >= 15 is 0 Å². The Morgan fingerprint density at radius 2 is 1.71 bits per heavy atom. The molecular weight excluding hydrogens is 416 g/mol. The highest BCUT2D eigenvalue weighted by molar-refractivity contribution is 7.89. The fourth-order valence-electron chi connectivity index (χ4n) is 3.51. The molecule has 1 amide bonds. The van der Waals surface area contributed by atoms with Crippen LogP contribution in [-0.2, 0) is 17.1 Å². The minimum atomic E-state index is -3.69. The van der Waals surface area contributed by atoms with Crippen LogP contribution in [0.4, 0.5) is 0 Å². The van der Waals surface area contributed by atoms with Crippen LogP contribution in [0.5, 0.6) is 11.5 Å². The summed E-state index contributed by atoms with van der Waals surface area (Å²) in [5, 5.41) is 0.0244. The van der Waals surface area contributed by atoms with Crippen molar-refractivity contribution < 1.29 is 17.9 Å². The largest absolute Gasteiger partial charge is 0.457 e.